The van der Waals surface area contributed by atoms with Crippen LogP contribution in [0.15, 0.2) is 24.3 Å². The summed E-state index contributed by atoms with van der Waals surface area (Å²) >= 11 is 6.21. The minimum atomic E-state index is -1.20. The molecule has 3 nitrogen and oxygen atoms in total. The smallest absolute Gasteiger partial charge is 0.185 e. The molecule has 0 saturated heterocycles. The molecule has 2 rings (SSSR count). The number of hydrogen-bond donors (Lipinski definition) is 2. The molecule has 1 aromatic rings. The molecule has 3 atom stereocenters. The van der Waals surface area contributed by atoms with E-state index in [1.165, 1.54) is 0 Å². The van der Waals surface area contributed by atoms with E-state index >= 15 is 0 Å². The molecule has 0 aromatic heterocycles. The molecule has 0 amide bonds. The minimum Gasteiger partial charge on any atom is -0.385 e. The summed E-state index contributed by atoms with van der Waals surface area (Å²) in [5, 5.41) is 10.6. The minimum absolute atomic E-state index is 0.0203. The van der Waals surface area contributed by atoms with Crippen molar-refractivity contribution in [3.05, 3.63) is 34.9 Å². The van der Waals surface area contributed by atoms with Gasteiger partial charge in [-0.1, -0.05) is 50.6 Å². The van der Waals surface area contributed by atoms with E-state index in [0.29, 0.717) is 23.4 Å². The molecule has 3 N–H and O–H groups in total. The Bertz CT molecular complexity index is 523. The summed E-state index contributed by atoms with van der Waals surface area (Å²) in [5.74, 6) is -0.164. The fourth-order valence-corrected chi connectivity index (χ4v) is 3.28. The Kier molecular flexibility index (Phi) is 3.98. The fraction of sp³-hybridized carbons (Fsp3) is 0.562. The van der Waals surface area contributed by atoms with Crippen molar-refractivity contribution in [3.63, 3.8) is 0 Å². The molecule has 0 spiro atoms. The van der Waals surface area contributed by atoms with Crippen molar-refractivity contribution < 1.29 is 9.90 Å². The predicted molar refractivity (Wildman–Crippen MR) is 80.5 cm³/mol. The van der Waals surface area contributed by atoms with Gasteiger partial charge in [0.15, 0.2) is 5.78 Å². The van der Waals surface area contributed by atoms with Gasteiger partial charge in [0.25, 0.3) is 0 Å². The van der Waals surface area contributed by atoms with Crippen LogP contribution >= 0.6 is 11.6 Å². The summed E-state index contributed by atoms with van der Waals surface area (Å²) < 4.78 is 0. The summed E-state index contributed by atoms with van der Waals surface area (Å²) in [5.41, 5.74) is 5.80. The standard InChI is InChI=1S/C16H22ClNO2/c1-15(2,3)10-8-13(19)14(20)16(18,9-10)11-6-4-5-7-12(11)17/h4-7,10,13,19H,8-9,18H2,1-3H3/t10-,13-,16-/m1/s1. The number of aliphatic hydroxyl groups is 1. The van der Waals surface area contributed by atoms with Gasteiger partial charge < -0.3 is 10.8 Å². The molecular weight excluding hydrogens is 274 g/mol. The average molecular weight is 296 g/mol. The Balaban J connectivity index is 2.47. The first-order valence-corrected chi connectivity index (χ1v) is 7.30. The summed E-state index contributed by atoms with van der Waals surface area (Å²) in [6.45, 7) is 6.31. The molecule has 110 valence electrons. The number of aliphatic hydroxyl groups excluding tert-OH is 1. The Morgan fingerprint density at radius 1 is 1.35 bits per heavy atom. The zero-order chi connectivity index (χ0) is 15.1. The van der Waals surface area contributed by atoms with Crippen molar-refractivity contribution in [2.75, 3.05) is 0 Å². The number of ketones is 1. The van der Waals surface area contributed by atoms with E-state index in [2.05, 4.69) is 20.8 Å². The second-order valence-corrected chi connectivity index (χ2v) is 7.24. The highest BCUT2D eigenvalue weighted by Gasteiger charge is 2.49. The SMILES string of the molecule is CC(C)(C)[C@@H]1C[C@@H](O)C(=O)[C@](N)(c2ccccc2Cl)C1. The first kappa shape index (κ1) is 15.5. The average Bonchev–Trinajstić information content (AvgIpc) is 2.34. The normalized spacial score (nSPS) is 31.4. The first-order chi connectivity index (χ1) is 9.16. The van der Waals surface area contributed by atoms with Crippen LogP contribution in [0.2, 0.25) is 5.02 Å². The molecule has 1 aromatic carbocycles. The van der Waals surface area contributed by atoms with Gasteiger partial charge in [-0.05, 0) is 35.8 Å². The molecule has 0 radical (unpaired) electrons. The highest BCUT2D eigenvalue weighted by Crippen LogP contribution is 2.44. The molecule has 0 aliphatic heterocycles. The van der Waals surface area contributed by atoms with Crippen molar-refractivity contribution in [3.8, 4) is 0 Å². The summed E-state index contributed by atoms with van der Waals surface area (Å²) in [4.78, 5) is 12.4. The zero-order valence-corrected chi connectivity index (χ0v) is 12.9. The van der Waals surface area contributed by atoms with Crippen LogP contribution in [-0.4, -0.2) is 17.0 Å². The van der Waals surface area contributed by atoms with Crippen LogP contribution in [0.4, 0.5) is 0 Å². The number of hydrogen-bond acceptors (Lipinski definition) is 3. The van der Waals surface area contributed by atoms with E-state index in [1.807, 2.05) is 6.07 Å². The maximum absolute atomic E-state index is 12.4. The molecule has 0 bridgehead atoms. The molecule has 4 heteroatoms. The Morgan fingerprint density at radius 3 is 2.50 bits per heavy atom. The van der Waals surface area contributed by atoms with Gasteiger partial charge in [-0.25, -0.2) is 0 Å². The van der Waals surface area contributed by atoms with Crippen LogP contribution < -0.4 is 5.73 Å². The Hall–Kier alpha value is -0.900. The lowest BCUT2D eigenvalue weighted by Crippen LogP contribution is -2.56. The molecule has 20 heavy (non-hydrogen) atoms. The van der Waals surface area contributed by atoms with Gasteiger partial charge in [-0.2, -0.15) is 0 Å². The van der Waals surface area contributed by atoms with Crippen LogP contribution in [0.1, 0.15) is 39.2 Å². The van der Waals surface area contributed by atoms with Gasteiger partial charge in [0, 0.05) is 5.02 Å². The number of nitrogens with two attached hydrogens (primary N) is 1. The highest BCUT2D eigenvalue weighted by atomic mass is 35.5. The third kappa shape index (κ3) is 2.62. The van der Waals surface area contributed by atoms with Crippen molar-refractivity contribution in [1.29, 1.82) is 0 Å². The second-order valence-electron chi connectivity index (χ2n) is 6.83. The van der Waals surface area contributed by atoms with E-state index in [1.54, 1.807) is 18.2 Å². The topological polar surface area (TPSA) is 63.3 Å². The maximum atomic E-state index is 12.4. The van der Waals surface area contributed by atoms with E-state index < -0.39 is 11.6 Å². The number of carbonyl (C=O) groups excluding carboxylic acids is 1. The van der Waals surface area contributed by atoms with Crippen molar-refractivity contribution in [2.24, 2.45) is 17.1 Å². The highest BCUT2D eigenvalue weighted by molar-refractivity contribution is 6.31. The van der Waals surface area contributed by atoms with Crippen molar-refractivity contribution in [2.45, 2.75) is 45.3 Å². The molecule has 1 saturated carbocycles. The number of carbonyl (C=O) groups is 1. The van der Waals surface area contributed by atoms with Crippen molar-refractivity contribution in [1.82, 2.24) is 0 Å². The lowest BCUT2D eigenvalue weighted by molar-refractivity contribution is -0.140. The number of halogens is 1. The number of rotatable bonds is 1. The van der Waals surface area contributed by atoms with Gasteiger partial charge in [-0.3, -0.25) is 4.79 Å². The molecular formula is C16H22ClNO2. The quantitative estimate of drug-likeness (QED) is 0.837. The molecule has 1 aliphatic rings. The van der Waals surface area contributed by atoms with E-state index in [0.717, 1.165) is 0 Å². The lowest BCUT2D eigenvalue weighted by atomic mass is 9.63. The Morgan fingerprint density at radius 2 is 1.95 bits per heavy atom. The molecule has 1 aliphatic carbocycles. The summed E-state index contributed by atoms with van der Waals surface area (Å²) in [7, 11) is 0. The fourth-order valence-electron chi connectivity index (χ4n) is 2.97. The van der Waals surface area contributed by atoms with Crippen LogP contribution in [0, 0.1) is 11.3 Å². The van der Waals surface area contributed by atoms with Crippen molar-refractivity contribution >= 4 is 17.4 Å². The van der Waals surface area contributed by atoms with Crippen LogP contribution in [0.3, 0.4) is 0 Å². The van der Waals surface area contributed by atoms with Gasteiger partial charge in [0.1, 0.15) is 11.6 Å². The van der Waals surface area contributed by atoms with Crippen LogP contribution in [-0.2, 0) is 10.3 Å². The predicted octanol–water partition coefficient (Wildman–Crippen LogP) is 2.88. The van der Waals surface area contributed by atoms with Gasteiger partial charge in [-0.15, -0.1) is 0 Å². The molecule has 0 heterocycles. The maximum Gasteiger partial charge on any atom is 0.185 e. The van der Waals surface area contributed by atoms with Gasteiger partial charge in [0.2, 0.25) is 0 Å². The van der Waals surface area contributed by atoms with Crippen LogP contribution in [0.25, 0.3) is 0 Å². The van der Waals surface area contributed by atoms with E-state index in [-0.39, 0.29) is 17.1 Å². The summed E-state index contributed by atoms with van der Waals surface area (Å²) in [6.07, 6.45) is -0.0451. The third-order valence-corrected chi connectivity index (χ3v) is 4.73. The van der Waals surface area contributed by atoms with E-state index in [9.17, 15) is 9.90 Å². The Labute approximate surface area is 125 Å². The molecule has 0 unspecified atom stereocenters. The van der Waals surface area contributed by atoms with Gasteiger partial charge >= 0.3 is 0 Å². The van der Waals surface area contributed by atoms with Crippen LogP contribution in [0.5, 0.6) is 0 Å². The zero-order valence-electron chi connectivity index (χ0n) is 12.2. The third-order valence-electron chi connectivity index (χ3n) is 4.40. The summed E-state index contributed by atoms with van der Waals surface area (Å²) in [6, 6.07) is 7.13. The monoisotopic (exact) mass is 295 g/mol. The first-order valence-electron chi connectivity index (χ1n) is 6.92. The second kappa shape index (κ2) is 5.14. The number of Topliss-reactive ketones (excluding diaryl/α,β-unsaturated/α-hetero) is 1. The lowest BCUT2D eigenvalue weighted by Gasteiger charge is -2.44. The van der Waals surface area contributed by atoms with Gasteiger partial charge in [0.05, 0.1) is 0 Å². The largest absolute Gasteiger partial charge is 0.385 e. The van der Waals surface area contributed by atoms with E-state index in [4.69, 9.17) is 17.3 Å². The number of benzene rings is 1. The molecule has 1 fully saturated rings.